The van der Waals surface area contributed by atoms with Crippen LogP contribution in [0.5, 0.6) is 5.75 Å². The minimum absolute atomic E-state index is 0.173. The Hall–Kier alpha value is -2.58. The molecule has 2 atom stereocenters. The first-order chi connectivity index (χ1) is 18.3. The predicted molar refractivity (Wildman–Crippen MR) is 148 cm³/mol. The SMILES string of the molecule is COC(=O)c1cnc(C2(C)CC2c2ccc(OCc3c(-c4c(Cl)cccc4Cl)noc3C3CC3)cc2Cl)s1. The van der Waals surface area contributed by atoms with Gasteiger partial charge in [0.25, 0.3) is 0 Å². The lowest BCUT2D eigenvalue weighted by molar-refractivity contribution is 0.0606. The predicted octanol–water partition coefficient (Wildman–Crippen LogP) is 8.45. The summed E-state index contributed by atoms with van der Waals surface area (Å²) in [6, 6.07) is 11.1. The molecule has 2 aliphatic carbocycles. The van der Waals surface area contributed by atoms with Crippen LogP contribution in [0.15, 0.2) is 47.1 Å². The van der Waals surface area contributed by atoms with Gasteiger partial charge in [0.15, 0.2) is 0 Å². The Kier molecular flexibility index (Phi) is 6.67. The highest BCUT2D eigenvalue weighted by atomic mass is 35.5. The van der Waals surface area contributed by atoms with Crippen molar-refractivity contribution in [3.8, 4) is 17.0 Å². The lowest BCUT2D eigenvalue weighted by atomic mass is 10.0. The molecule has 2 heterocycles. The van der Waals surface area contributed by atoms with E-state index >= 15 is 0 Å². The molecule has 38 heavy (non-hydrogen) atoms. The first-order valence-corrected chi connectivity index (χ1v) is 14.1. The maximum absolute atomic E-state index is 11.9. The van der Waals surface area contributed by atoms with Gasteiger partial charge in [0, 0.05) is 21.9 Å². The van der Waals surface area contributed by atoms with Gasteiger partial charge in [-0.2, -0.15) is 0 Å². The minimum atomic E-state index is -0.369. The Morgan fingerprint density at radius 2 is 1.92 bits per heavy atom. The summed E-state index contributed by atoms with van der Waals surface area (Å²) in [7, 11) is 1.37. The first kappa shape index (κ1) is 25.7. The van der Waals surface area contributed by atoms with Crippen LogP contribution in [0.2, 0.25) is 15.1 Å². The van der Waals surface area contributed by atoms with E-state index < -0.39 is 0 Å². The third-order valence-corrected chi connectivity index (χ3v) is 9.53. The number of esters is 1. The van der Waals surface area contributed by atoms with E-state index in [0.717, 1.165) is 41.2 Å². The molecule has 2 aromatic heterocycles. The van der Waals surface area contributed by atoms with Crippen LogP contribution >= 0.6 is 46.1 Å². The van der Waals surface area contributed by atoms with Crippen molar-refractivity contribution >= 4 is 52.1 Å². The third-order valence-electron chi connectivity index (χ3n) is 7.31. The first-order valence-electron chi connectivity index (χ1n) is 12.2. The number of carbonyl (C=O) groups is 1. The summed E-state index contributed by atoms with van der Waals surface area (Å²) in [4.78, 5) is 16.8. The van der Waals surface area contributed by atoms with E-state index in [4.69, 9.17) is 48.8 Å². The quantitative estimate of drug-likeness (QED) is 0.192. The average molecular weight is 590 g/mol. The zero-order valence-electron chi connectivity index (χ0n) is 20.6. The molecule has 2 unspecified atom stereocenters. The van der Waals surface area contributed by atoms with E-state index in [1.165, 1.54) is 18.4 Å². The highest BCUT2D eigenvalue weighted by Crippen LogP contribution is 2.62. The van der Waals surface area contributed by atoms with Crippen LogP contribution in [0, 0.1) is 0 Å². The van der Waals surface area contributed by atoms with Crippen molar-refractivity contribution in [1.82, 2.24) is 10.1 Å². The van der Waals surface area contributed by atoms with Gasteiger partial charge in [-0.1, -0.05) is 59.0 Å². The van der Waals surface area contributed by atoms with Gasteiger partial charge in [-0.3, -0.25) is 0 Å². The van der Waals surface area contributed by atoms with Crippen molar-refractivity contribution in [3.05, 3.63) is 84.4 Å². The molecule has 2 saturated carbocycles. The molecule has 6 rings (SSSR count). The molecule has 0 amide bonds. The summed E-state index contributed by atoms with van der Waals surface area (Å²) in [6.07, 6.45) is 4.59. The largest absolute Gasteiger partial charge is 0.489 e. The maximum atomic E-state index is 11.9. The fourth-order valence-electron chi connectivity index (χ4n) is 4.87. The van der Waals surface area contributed by atoms with Crippen LogP contribution in [-0.4, -0.2) is 23.2 Å². The Balaban J connectivity index is 1.21. The fourth-order valence-corrected chi connectivity index (χ4v) is 6.79. The Morgan fingerprint density at radius 1 is 1.16 bits per heavy atom. The van der Waals surface area contributed by atoms with Crippen molar-refractivity contribution in [2.75, 3.05) is 7.11 Å². The number of methoxy groups -OCH3 is 1. The highest BCUT2D eigenvalue weighted by molar-refractivity contribution is 7.13. The van der Waals surface area contributed by atoms with Crippen molar-refractivity contribution < 1.29 is 18.8 Å². The molecular weight excluding hydrogens is 567 g/mol. The van der Waals surface area contributed by atoms with Gasteiger partial charge in [0.05, 0.1) is 33.9 Å². The number of hydrogen-bond donors (Lipinski definition) is 0. The van der Waals surface area contributed by atoms with E-state index in [9.17, 15) is 4.79 Å². The molecule has 2 aromatic carbocycles. The molecule has 4 aromatic rings. The molecule has 6 nitrogen and oxygen atoms in total. The number of thiazole rings is 1. The van der Waals surface area contributed by atoms with Crippen LogP contribution in [0.3, 0.4) is 0 Å². The van der Waals surface area contributed by atoms with Crippen LogP contribution in [-0.2, 0) is 16.8 Å². The number of hydrogen-bond acceptors (Lipinski definition) is 7. The van der Waals surface area contributed by atoms with Gasteiger partial charge in [-0.05, 0) is 55.0 Å². The summed E-state index contributed by atoms with van der Waals surface area (Å²) in [6.45, 7) is 2.39. The van der Waals surface area contributed by atoms with Crippen LogP contribution < -0.4 is 4.74 Å². The van der Waals surface area contributed by atoms with Crippen molar-refractivity contribution in [3.63, 3.8) is 0 Å². The highest BCUT2D eigenvalue weighted by Gasteiger charge is 2.55. The molecule has 10 heteroatoms. The zero-order valence-corrected chi connectivity index (χ0v) is 23.7. The van der Waals surface area contributed by atoms with Crippen molar-refractivity contribution in [2.45, 2.75) is 50.0 Å². The molecular formula is C28H23Cl3N2O4S. The zero-order chi connectivity index (χ0) is 26.6. The maximum Gasteiger partial charge on any atom is 0.349 e. The molecule has 196 valence electrons. The second-order valence-corrected chi connectivity index (χ2v) is 12.2. The van der Waals surface area contributed by atoms with Crippen LogP contribution in [0.25, 0.3) is 11.3 Å². The fraction of sp³-hybridized carbons (Fsp3) is 0.321. The molecule has 0 aliphatic heterocycles. The summed E-state index contributed by atoms with van der Waals surface area (Å²) in [5.74, 6) is 1.63. The lowest BCUT2D eigenvalue weighted by Crippen LogP contribution is -2.04. The number of benzene rings is 2. The number of nitrogens with zero attached hydrogens (tertiary/aromatic N) is 2. The standard InChI is InChI=1S/C28H23Cl3N2O4S/c1-28(27-32-12-22(38-27)26(34)35-2)11-18(28)16-9-8-15(10-21(16)31)36-13-17-24(33-37-25(17)14-6-7-14)23-19(29)4-3-5-20(23)30/h3-5,8-10,12,14,18H,6-7,11,13H2,1-2H3. The molecule has 2 aliphatic rings. The second-order valence-electron chi connectivity index (χ2n) is 9.91. The van der Waals surface area contributed by atoms with E-state index in [1.807, 2.05) is 18.2 Å². The molecule has 0 saturated heterocycles. The number of aromatic nitrogens is 2. The van der Waals surface area contributed by atoms with Gasteiger partial charge in [0.1, 0.15) is 28.7 Å². The topological polar surface area (TPSA) is 74.5 Å². The lowest BCUT2D eigenvalue weighted by Gasteiger charge is -2.12. The van der Waals surface area contributed by atoms with E-state index in [1.54, 1.807) is 24.4 Å². The average Bonchev–Trinajstić information content (AvgIpc) is 3.75. The van der Waals surface area contributed by atoms with Crippen molar-refractivity contribution in [2.24, 2.45) is 0 Å². The van der Waals surface area contributed by atoms with Gasteiger partial charge in [0.2, 0.25) is 0 Å². The molecule has 0 N–H and O–H groups in total. The van der Waals surface area contributed by atoms with Crippen molar-refractivity contribution in [1.29, 1.82) is 0 Å². The minimum Gasteiger partial charge on any atom is -0.489 e. The summed E-state index contributed by atoms with van der Waals surface area (Å²) < 4.78 is 16.7. The molecule has 0 radical (unpaired) electrons. The molecule has 0 spiro atoms. The van der Waals surface area contributed by atoms with Gasteiger partial charge >= 0.3 is 5.97 Å². The van der Waals surface area contributed by atoms with E-state index in [-0.39, 0.29) is 23.9 Å². The smallest absolute Gasteiger partial charge is 0.349 e. The monoisotopic (exact) mass is 588 g/mol. The van der Waals surface area contributed by atoms with E-state index in [2.05, 4.69) is 17.1 Å². The summed E-state index contributed by atoms with van der Waals surface area (Å²) in [5.41, 5.74) is 2.96. The normalized spacial score (nSPS) is 20.4. The van der Waals surface area contributed by atoms with Crippen LogP contribution in [0.4, 0.5) is 0 Å². The number of halogens is 3. The number of carbonyl (C=O) groups excluding carboxylic acids is 1. The third kappa shape index (κ3) is 4.60. The van der Waals surface area contributed by atoms with E-state index in [0.29, 0.717) is 42.9 Å². The van der Waals surface area contributed by atoms with Gasteiger partial charge < -0.3 is 14.0 Å². The number of rotatable bonds is 8. The summed E-state index contributed by atoms with van der Waals surface area (Å²) in [5, 5.41) is 6.87. The Morgan fingerprint density at radius 3 is 2.61 bits per heavy atom. The van der Waals surface area contributed by atoms with Gasteiger partial charge in [-0.15, -0.1) is 11.3 Å². The molecule has 2 fully saturated rings. The Bertz CT molecular complexity index is 1530. The molecule has 0 bridgehead atoms. The summed E-state index contributed by atoms with van der Waals surface area (Å²) >= 11 is 21.1. The van der Waals surface area contributed by atoms with Crippen LogP contribution in [0.1, 0.15) is 69.6 Å². The number of ether oxygens (including phenoxy) is 2. The van der Waals surface area contributed by atoms with Gasteiger partial charge in [-0.25, -0.2) is 9.78 Å². The Labute approximate surface area is 238 Å². The second kappa shape index (κ2) is 9.87.